The standard InChI is InChI=1S/C18H20N6OS.C2HF3O2/c19-15(18-20-5-10-26-18)11-16(25)23-6-8-24(9-7-23)17-14-4-2-1-3-13(14)12-21-22-17;3-2(4,5)1(6)7/h1-5,10,12,15H,6-9,11,19H2;(H,6,7). The van der Waals surface area contributed by atoms with E-state index in [1.807, 2.05) is 28.5 Å². The smallest absolute Gasteiger partial charge is 0.475 e. The Kier molecular flexibility index (Phi) is 7.76. The van der Waals surface area contributed by atoms with Gasteiger partial charge in [0, 0.05) is 54.9 Å². The van der Waals surface area contributed by atoms with Crippen LogP contribution in [0, 0.1) is 0 Å². The monoisotopic (exact) mass is 482 g/mol. The zero-order valence-electron chi connectivity index (χ0n) is 17.3. The third kappa shape index (κ3) is 6.35. The lowest BCUT2D eigenvalue weighted by atomic mass is 10.1. The highest BCUT2D eigenvalue weighted by Gasteiger charge is 2.38. The van der Waals surface area contributed by atoms with Gasteiger partial charge in [0.25, 0.3) is 0 Å². The topological polar surface area (TPSA) is 126 Å². The number of nitrogens with two attached hydrogens (primary N) is 1. The van der Waals surface area contributed by atoms with E-state index >= 15 is 0 Å². The summed E-state index contributed by atoms with van der Waals surface area (Å²) in [6, 6.07) is 7.77. The van der Waals surface area contributed by atoms with Crippen LogP contribution in [0.3, 0.4) is 0 Å². The first-order chi connectivity index (χ1) is 15.7. The Balaban J connectivity index is 0.000000383. The molecule has 1 atom stereocenters. The van der Waals surface area contributed by atoms with Gasteiger partial charge in [-0.2, -0.15) is 18.3 Å². The fourth-order valence-corrected chi connectivity index (χ4v) is 3.88. The molecular formula is C20H21F3N6O3S. The molecule has 33 heavy (non-hydrogen) atoms. The lowest BCUT2D eigenvalue weighted by molar-refractivity contribution is -0.192. The minimum Gasteiger partial charge on any atom is -0.475 e. The number of carbonyl (C=O) groups excluding carboxylic acids is 1. The fraction of sp³-hybridized carbons (Fsp3) is 0.350. The SMILES string of the molecule is NC(CC(=O)N1CCN(c2nncc3ccccc23)CC1)c1nccs1.O=C(O)C(F)(F)F. The van der Waals surface area contributed by atoms with Crippen molar-refractivity contribution in [2.75, 3.05) is 31.1 Å². The average Bonchev–Trinajstić information content (AvgIpc) is 3.34. The number of alkyl halides is 3. The number of halogens is 3. The number of anilines is 1. The summed E-state index contributed by atoms with van der Waals surface area (Å²) < 4.78 is 31.7. The Hall–Kier alpha value is -3.32. The predicted octanol–water partition coefficient (Wildman–Crippen LogP) is 2.46. The van der Waals surface area contributed by atoms with Crippen LogP contribution >= 0.6 is 11.3 Å². The summed E-state index contributed by atoms with van der Waals surface area (Å²) in [4.78, 5) is 29.7. The molecule has 1 aliphatic rings. The minimum absolute atomic E-state index is 0.0800. The van der Waals surface area contributed by atoms with Gasteiger partial charge in [0.1, 0.15) is 5.01 Å². The Morgan fingerprint density at radius 1 is 1.18 bits per heavy atom. The Morgan fingerprint density at radius 2 is 1.85 bits per heavy atom. The van der Waals surface area contributed by atoms with Gasteiger partial charge in [0.05, 0.1) is 12.2 Å². The molecule has 3 aromatic rings. The molecule has 0 spiro atoms. The van der Waals surface area contributed by atoms with Gasteiger partial charge in [-0.3, -0.25) is 4.79 Å². The van der Waals surface area contributed by atoms with Crippen molar-refractivity contribution in [2.45, 2.75) is 18.6 Å². The number of nitrogens with zero attached hydrogens (tertiary/aromatic N) is 5. The summed E-state index contributed by atoms with van der Waals surface area (Å²) in [7, 11) is 0. The molecule has 4 rings (SSSR count). The van der Waals surface area contributed by atoms with Crippen LogP contribution in [0.1, 0.15) is 17.5 Å². The van der Waals surface area contributed by atoms with E-state index < -0.39 is 12.1 Å². The second kappa shape index (κ2) is 10.5. The van der Waals surface area contributed by atoms with Crippen molar-refractivity contribution in [3.8, 4) is 0 Å². The van der Waals surface area contributed by atoms with Crippen molar-refractivity contribution < 1.29 is 27.9 Å². The molecule has 1 amide bonds. The Morgan fingerprint density at radius 3 is 2.45 bits per heavy atom. The van der Waals surface area contributed by atoms with Gasteiger partial charge in [-0.15, -0.1) is 16.4 Å². The summed E-state index contributed by atoms with van der Waals surface area (Å²) in [6.07, 6.45) is -1.30. The van der Waals surface area contributed by atoms with Gasteiger partial charge in [-0.1, -0.05) is 24.3 Å². The number of fused-ring (bicyclic) bond motifs is 1. The van der Waals surface area contributed by atoms with E-state index in [0.717, 1.165) is 34.7 Å². The van der Waals surface area contributed by atoms with Gasteiger partial charge < -0.3 is 20.6 Å². The van der Waals surface area contributed by atoms with E-state index in [1.165, 1.54) is 11.3 Å². The van der Waals surface area contributed by atoms with Gasteiger partial charge >= 0.3 is 12.1 Å². The molecule has 0 bridgehead atoms. The largest absolute Gasteiger partial charge is 0.490 e. The minimum atomic E-state index is -5.08. The van der Waals surface area contributed by atoms with E-state index in [-0.39, 0.29) is 11.9 Å². The number of aliphatic carboxylic acids is 1. The third-order valence-electron chi connectivity index (χ3n) is 4.89. The van der Waals surface area contributed by atoms with Gasteiger partial charge in [0.2, 0.25) is 5.91 Å². The van der Waals surface area contributed by atoms with E-state index in [4.69, 9.17) is 15.6 Å². The Bertz CT molecular complexity index is 1080. The number of piperazine rings is 1. The number of carboxylic acids is 1. The van der Waals surface area contributed by atoms with Crippen molar-refractivity contribution in [2.24, 2.45) is 5.73 Å². The van der Waals surface area contributed by atoms with E-state index in [9.17, 15) is 18.0 Å². The maximum Gasteiger partial charge on any atom is 0.490 e. The van der Waals surface area contributed by atoms with Crippen LogP contribution in [0.15, 0.2) is 42.0 Å². The van der Waals surface area contributed by atoms with Crippen LogP contribution in [0.4, 0.5) is 19.0 Å². The summed E-state index contributed by atoms with van der Waals surface area (Å²) in [5.74, 6) is -1.79. The molecule has 13 heteroatoms. The van der Waals surface area contributed by atoms with E-state index in [0.29, 0.717) is 19.5 Å². The number of benzene rings is 1. The molecular weight excluding hydrogens is 461 g/mol. The molecule has 1 saturated heterocycles. The molecule has 1 fully saturated rings. The van der Waals surface area contributed by atoms with Gasteiger partial charge in [0.15, 0.2) is 5.82 Å². The molecule has 3 heterocycles. The van der Waals surface area contributed by atoms with Crippen LogP contribution < -0.4 is 10.6 Å². The van der Waals surface area contributed by atoms with Gasteiger partial charge in [-0.25, -0.2) is 9.78 Å². The van der Waals surface area contributed by atoms with E-state index in [1.54, 1.807) is 12.4 Å². The zero-order chi connectivity index (χ0) is 24.0. The number of hydrogen-bond donors (Lipinski definition) is 2. The molecule has 0 radical (unpaired) electrons. The molecule has 176 valence electrons. The number of carboxylic acid groups (broad SMARTS) is 1. The quantitative estimate of drug-likeness (QED) is 0.581. The normalized spacial score (nSPS) is 15.0. The van der Waals surface area contributed by atoms with Crippen molar-refractivity contribution in [3.05, 3.63) is 47.0 Å². The molecule has 1 aliphatic heterocycles. The van der Waals surface area contributed by atoms with Gasteiger partial charge in [-0.05, 0) is 0 Å². The average molecular weight is 482 g/mol. The maximum absolute atomic E-state index is 12.5. The first-order valence-corrected chi connectivity index (χ1v) is 10.7. The molecule has 3 N–H and O–H groups in total. The lowest BCUT2D eigenvalue weighted by Crippen LogP contribution is -2.49. The van der Waals surface area contributed by atoms with Crippen molar-refractivity contribution in [1.29, 1.82) is 0 Å². The number of carbonyl (C=O) groups is 2. The lowest BCUT2D eigenvalue weighted by Gasteiger charge is -2.36. The number of aromatic nitrogens is 3. The maximum atomic E-state index is 12.5. The second-order valence-electron chi connectivity index (χ2n) is 7.11. The number of amides is 1. The van der Waals surface area contributed by atoms with Crippen LogP contribution in [-0.2, 0) is 9.59 Å². The van der Waals surface area contributed by atoms with Crippen LogP contribution in [0.2, 0.25) is 0 Å². The highest BCUT2D eigenvalue weighted by Crippen LogP contribution is 2.24. The highest BCUT2D eigenvalue weighted by molar-refractivity contribution is 7.09. The fourth-order valence-electron chi connectivity index (χ4n) is 3.24. The Labute approximate surface area is 190 Å². The van der Waals surface area contributed by atoms with Crippen LogP contribution in [0.25, 0.3) is 10.8 Å². The summed E-state index contributed by atoms with van der Waals surface area (Å²) in [5.41, 5.74) is 6.10. The molecule has 1 unspecified atom stereocenters. The first kappa shape index (κ1) is 24.3. The molecule has 0 aliphatic carbocycles. The number of rotatable bonds is 4. The van der Waals surface area contributed by atoms with E-state index in [2.05, 4.69) is 26.1 Å². The summed E-state index contributed by atoms with van der Waals surface area (Å²) in [6.45, 7) is 2.80. The number of thiazole rings is 1. The summed E-state index contributed by atoms with van der Waals surface area (Å²) in [5, 5.41) is 20.4. The molecule has 2 aromatic heterocycles. The zero-order valence-corrected chi connectivity index (χ0v) is 18.1. The second-order valence-corrected chi connectivity index (χ2v) is 8.03. The number of hydrogen-bond acceptors (Lipinski definition) is 8. The molecule has 1 aromatic carbocycles. The third-order valence-corrected chi connectivity index (χ3v) is 5.80. The summed E-state index contributed by atoms with van der Waals surface area (Å²) >= 11 is 1.49. The molecule has 0 saturated carbocycles. The van der Waals surface area contributed by atoms with Crippen molar-refractivity contribution in [3.63, 3.8) is 0 Å². The van der Waals surface area contributed by atoms with Crippen LogP contribution in [-0.4, -0.2) is 69.4 Å². The first-order valence-electron chi connectivity index (χ1n) is 9.85. The van der Waals surface area contributed by atoms with Crippen LogP contribution in [0.5, 0.6) is 0 Å². The molecule has 9 nitrogen and oxygen atoms in total. The highest BCUT2D eigenvalue weighted by atomic mass is 32.1. The van der Waals surface area contributed by atoms with Crippen molar-refractivity contribution >= 4 is 39.8 Å². The predicted molar refractivity (Wildman–Crippen MR) is 116 cm³/mol. The van der Waals surface area contributed by atoms with Crippen molar-refractivity contribution in [1.82, 2.24) is 20.1 Å².